The van der Waals surface area contributed by atoms with Gasteiger partial charge in [-0.15, -0.1) is 0 Å². The zero-order valence-corrected chi connectivity index (χ0v) is 20.1. The van der Waals surface area contributed by atoms with Crippen molar-refractivity contribution in [2.75, 3.05) is 13.2 Å². The minimum absolute atomic E-state index is 0.803. The maximum absolute atomic E-state index is 5.66. The summed E-state index contributed by atoms with van der Waals surface area (Å²) in [6, 6.07) is 8.82. The summed E-state index contributed by atoms with van der Waals surface area (Å²) in [5.41, 5.74) is 5.92. The summed E-state index contributed by atoms with van der Waals surface area (Å²) in [6.07, 6.45) is 9.57. The molecule has 0 fully saturated rings. The molecule has 28 heavy (non-hydrogen) atoms. The Morgan fingerprint density at radius 1 is 0.643 bits per heavy atom. The van der Waals surface area contributed by atoms with Crippen LogP contribution in [-0.2, 0) is 25.7 Å². The minimum atomic E-state index is 0.803. The topological polar surface area (TPSA) is 18.5 Å². The molecule has 0 radical (unpaired) electrons. The lowest BCUT2D eigenvalue weighted by Crippen LogP contribution is -1.97. The zero-order valence-electron chi connectivity index (χ0n) is 17.0. The van der Waals surface area contributed by atoms with Gasteiger partial charge in [0.25, 0.3) is 0 Å². The number of ether oxygens (including phenoxy) is 2. The molecule has 2 aromatic carbocycles. The zero-order chi connectivity index (χ0) is 19.9. The molecule has 4 rings (SSSR count). The molecule has 0 unspecified atom stereocenters. The van der Waals surface area contributed by atoms with E-state index in [4.69, 9.17) is 9.47 Å². The second-order valence-corrected chi connectivity index (χ2v) is 9.22. The summed E-state index contributed by atoms with van der Waals surface area (Å²) < 4.78 is 13.5. The van der Waals surface area contributed by atoms with E-state index in [0.29, 0.717) is 0 Å². The van der Waals surface area contributed by atoms with Gasteiger partial charge in [0.15, 0.2) is 0 Å². The van der Waals surface area contributed by atoms with E-state index < -0.39 is 0 Å². The van der Waals surface area contributed by atoms with Crippen molar-refractivity contribution in [1.82, 2.24) is 0 Å². The highest BCUT2D eigenvalue weighted by atomic mass is 79.9. The number of fused-ring (bicyclic) bond motifs is 2. The average Bonchev–Trinajstić information content (AvgIpc) is 3.33. The number of rotatable bonds is 6. The van der Waals surface area contributed by atoms with E-state index in [2.05, 4.69) is 70.0 Å². The SMILES string of the molecule is CCCOc1cc2c(cc1Br)CCC2.CCCOc1cc2c(cc1Br)CCC2. The molecule has 2 nitrogen and oxygen atoms in total. The summed E-state index contributed by atoms with van der Waals surface area (Å²) in [4.78, 5) is 0. The molecule has 0 bridgehead atoms. The largest absolute Gasteiger partial charge is 0.492 e. The predicted molar refractivity (Wildman–Crippen MR) is 124 cm³/mol. The van der Waals surface area contributed by atoms with Gasteiger partial charge < -0.3 is 9.47 Å². The van der Waals surface area contributed by atoms with E-state index in [0.717, 1.165) is 46.5 Å². The Labute approximate surface area is 186 Å². The van der Waals surface area contributed by atoms with E-state index in [1.807, 2.05) is 0 Å². The lowest BCUT2D eigenvalue weighted by molar-refractivity contribution is 0.315. The Bertz CT molecular complexity index is 734. The highest BCUT2D eigenvalue weighted by Gasteiger charge is 2.15. The van der Waals surface area contributed by atoms with Crippen molar-refractivity contribution in [3.05, 3.63) is 55.5 Å². The second kappa shape index (κ2) is 10.7. The molecular formula is C24H30Br2O2. The summed E-state index contributed by atoms with van der Waals surface area (Å²) in [7, 11) is 0. The van der Waals surface area contributed by atoms with Crippen LogP contribution < -0.4 is 9.47 Å². The van der Waals surface area contributed by atoms with Crippen LogP contribution in [-0.4, -0.2) is 13.2 Å². The quantitative estimate of drug-likeness (QED) is 0.402. The van der Waals surface area contributed by atoms with Crippen molar-refractivity contribution in [3.63, 3.8) is 0 Å². The Morgan fingerprint density at radius 2 is 1.00 bits per heavy atom. The Kier molecular flexibility index (Phi) is 8.28. The van der Waals surface area contributed by atoms with Crippen molar-refractivity contribution in [2.45, 2.75) is 65.2 Å². The van der Waals surface area contributed by atoms with E-state index in [1.165, 1.54) is 60.8 Å². The molecule has 0 aliphatic heterocycles. The van der Waals surface area contributed by atoms with Gasteiger partial charge in [-0.25, -0.2) is 0 Å². The summed E-state index contributed by atoms with van der Waals surface area (Å²) in [5, 5.41) is 0. The highest BCUT2D eigenvalue weighted by molar-refractivity contribution is 9.10. The maximum atomic E-state index is 5.66. The normalized spacial score (nSPS) is 14.1. The highest BCUT2D eigenvalue weighted by Crippen LogP contribution is 2.34. The standard InChI is InChI=1S/2C12H15BrO/c2*1-2-6-14-12-8-10-5-3-4-9(10)7-11(12)13/h2*7-8H,2-6H2,1H3. The van der Waals surface area contributed by atoms with Gasteiger partial charge in [0.05, 0.1) is 22.2 Å². The molecule has 0 saturated carbocycles. The van der Waals surface area contributed by atoms with Crippen LogP contribution in [0.25, 0.3) is 0 Å². The fourth-order valence-corrected chi connectivity index (χ4v) is 4.80. The van der Waals surface area contributed by atoms with Crippen LogP contribution >= 0.6 is 31.9 Å². The van der Waals surface area contributed by atoms with E-state index in [-0.39, 0.29) is 0 Å². The van der Waals surface area contributed by atoms with E-state index >= 15 is 0 Å². The van der Waals surface area contributed by atoms with E-state index in [1.54, 1.807) is 0 Å². The molecule has 0 aromatic heterocycles. The van der Waals surface area contributed by atoms with Gasteiger partial charge in [-0.05, 0) is 130 Å². The van der Waals surface area contributed by atoms with Gasteiger partial charge in [0, 0.05) is 0 Å². The number of benzene rings is 2. The summed E-state index contributed by atoms with van der Waals surface area (Å²) in [5.74, 6) is 2.01. The molecule has 0 N–H and O–H groups in total. The van der Waals surface area contributed by atoms with Gasteiger partial charge >= 0.3 is 0 Å². The van der Waals surface area contributed by atoms with Crippen molar-refractivity contribution in [3.8, 4) is 11.5 Å². The number of halogens is 2. The number of aryl methyl sites for hydroxylation is 4. The van der Waals surface area contributed by atoms with Gasteiger partial charge in [-0.3, -0.25) is 0 Å². The van der Waals surface area contributed by atoms with Gasteiger partial charge in [-0.2, -0.15) is 0 Å². The van der Waals surface area contributed by atoms with Gasteiger partial charge in [0.1, 0.15) is 11.5 Å². The predicted octanol–water partition coefficient (Wildman–Crippen LogP) is 7.45. The second-order valence-electron chi connectivity index (χ2n) is 7.51. The third kappa shape index (κ3) is 5.54. The number of hydrogen-bond donors (Lipinski definition) is 0. The monoisotopic (exact) mass is 508 g/mol. The molecular weight excluding hydrogens is 480 g/mol. The molecule has 152 valence electrons. The van der Waals surface area contributed by atoms with Crippen LogP contribution in [0, 0.1) is 0 Å². The Balaban J connectivity index is 0.000000161. The van der Waals surface area contributed by atoms with Crippen LogP contribution in [0.3, 0.4) is 0 Å². The average molecular weight is 510 g/mol. The third-order valence-corrected chi connectivity index (χ3v) is 6.46. The van der Waals surface area contributed by atoms with Crippen LogP contribution in [0.1, 0.15) is 61.8 Å². The van der Waals surface area contributed by atoms with Gasteiger partial charge in [-0.1, -0.05) is 13.8 Å². The minimum Gasteiger partial charge on any atom is -0.492 e. The molecule has 0 atom stereocenters. The fraction of sp³-hybridized carbons (Fsp3) is 0.500. The van der Waals surface area contributed by atoms with Crippen LogP contribution in [0.4, 0.5) is 0 Å². The van der Waals surface area contributed by atoms with Crippen LogP contribution in [0.5, 0.6) is 11.5 Å². The first-order valence-electron chi connectivity index (χ1n) is 10.5. The first kappa shape index (κ1) is 21.7. The lowest BCUT2D eigenvalue weighted by Gasteiger charge is -2.09. The van der Waals surface area contributed by atoms with E-state index in [9.17, 15) is 0 Å². The van der Waals surface area contributed by atoms with Crippen molar-refractivity contribution in [2.24, 2.45) is 0 Å². The van der Waals surface area contributed by atoms with Gasteiger partial charge in [0.2, 0.25) is 0 Å². The molecule has 2 aromatic rings. The third-order valence-electron chi connectivity index (χ3n) is 5.22. The molecule has 0 spiro atoms. The van der Waals surface area contributed by atoms with Crippen molar-refractivity contribution in [1.29, 1.82) is 0 Å². The summed E-state index contributed by atoms with van der Waals surface area (Å²) in [6.45, 7) is 5.86. The number of hydrogen-bond acceptors (Lipinski definition) is 2. The maximum Gasteiger partial charge on any atom is 0.133 e. The molecule has 0 heterocycles. The first-order valence-corrected chi connectivity index (χ1v) is 12.1. The van der Waals surface area contributed by atoms with Crippen molar-refractivity contribution >= 4 is 31.9 Å². The molecule has 0 amide bonds. The Morgan fingerprint density at radius 3 is 1.36 bits per heavy atom. The van der Waals surface area contributed by atoms with Crippen molar-refractivity contribution < 1.29 is 9.47 Å². The fourth-order valence-electron chi connectivity index (χ4n) is 3.79. The molecule has 2 aliphatic carbocycles. The van der Waals surface area contributed by atoms with Crippen LogP contribution in [0.15, 0.2) is 33.2 Å². The first-order chi connectivity index (χ1) is 13.6. The molecule has 0 saturated heterocycles. The molecule has 2 aliphatic rings. The smallest absolute Gasteiger partial charge is 0.133 e. The summed E-state index contributed by atoms with van der Waals surface area (Å²) >= 11 is 7.11. The Hall–Kier alpha value is -1.00. The van der Waals surface area contributed by atoms with Crippen LogP contribution in [0.2, 0.25) is 0 Å². The lowest BCUT2D eigenvalue weighted by atomic mass is 10.1. The molecule has 4 heteroatoms.